The van der Waals surface area contributed by atoms with Crippen molar-refractivity contribution >= 4 is 29.3 Å². The molecule has 4 aliphatic carbocycles. The lowest BCUT2D eigenvalue weighted by Gasteiger charge is -2.59. The maximum Gasteiger partial charge on any atom is 0.326 e. The number of carboxylic acid groups (broad SMARTS) is 1. The van der Waals surface area contributed by atoms with Crippen LogP contribution in [0.15, 0.2) is 16.8 Å². The molecule has 0 saturated heterocycles. The van der Waals surface area contributed by atoms with E-state index in [1.165, 1.54) is 12.5 Å². The second-order valence-corrected chi connectivity index (χ2v) is 12.2. The Labute approximate surface area is 223 Å². The standard InChI is InChI=1S/C28H41N3O7/c1-16(32)28(37)13-10-21-19-5-4-17-14-18(8-11-26(17,2)20(19)9-12-27(21,28)3)31-38-15-24(34)30-22(25(35)36)6-7-23(29)33/h14,19-22,37H,4-13,15H2,1-3H3,(H2,29,33)(H,30,34)(H,35,36)/b31-18-/t19-,20+,21+,22+,26+,27+,28+/m1/s1. The number of hydrogen-bond donors (Lipinski definition) is 4. The van der Waals surface area contributed by atoms with Gasteiger partial charge in [-0.3, -0.25) is 14.4 Å². The molecule has 0 heterocycles. The highest BCUT2D eigenvalue weighted by Crippen LogP contribution is 2.67. The quantitative estimate of drug-likeness (QED) is 0.331. The largest absolute Gasteiger partial charge is 0.480 e. The minimum absolute atomic E-state index is 0.0344. The fourth-order valence-electron chi connectivity index (χ4n) is 8.19. The molecule has 7 atom stereocenters. The van der Waals surface area contributed by atoms with Crippen LogP contribution in [0.25, 0.3) is 0 Å². The highest BCUT2D eigenvalue weighted by molar-refractivity contribution is 5.96. The van der Waals surface area contributed by atoms with E-state index in [2.05, 4.69) is 30.4 Å². The highest BCUT2D eigenvalue weighted by atomic mass is 16.6. The van der Waals surface area contributed by atoms with Crippen molar-refractivity contribution in [1.29, 1.82) is 0 Å². The van der Waals surface area contributed by atoms with Crippen molar-refractivity contribution in [2.45, 2.75) is 96.6 Å². The molecule has 0 bridgehead atoms. The normalized spacial score (nSPS) is 37.7. The number of aliphatic hydroxyl groups is 1. The first-order valence-electron chi connectivity index (χ1n) is 13.8. The molecular formula is C28H41N3O7. The third-order valence-corrected chi connectivity index (χ3v) is 10.4. The van der Waals surface area contributed by atoms with E-state index in [1.54, 1.807) is 0 Å². The minimum Gasteiger partial charge on any atom is -0.480 e. The lowest BCUT2D eigenvalue weighted by Crippen LogP contribution is -2.57. The summed E-state index contributed by atoms with van der Waals surface area (Å²) in [6.07, 6.45) is 8.75. The molecule has 2 amide bonds. The van der Waals surface area contributed by atoms with Crippen molar-refractivity contribution in [1.82, 2.24) is 5.32 Å². The summed E-state index contributed by atoms with van der Waals surface area (Å²) in [5.74, 6) is -1.28. The van der Waals surface area contributed by atoms with Crippen LogP contribution in [0.1, 0.15) is 85.0 Å². The Morgan fingerprint density at radius 2 is 1.84 bits per heavy atom. The number of primary amides is 1. The third kappa shape index (κ3) is 4.87. The van der Waals surface area contributed by atoms with E-state index in [0.717, 1.165) is 44.2 Å². The number of carbonyl (C=O) groups is 4. The summed E-state index contributed by atoms with van der Waals surface area (Å²) in [7, 11) is 0. The maximum atomic E-state index is 12.4. The van der Waals surface area contributed by atoms with Crippen LogP contribution in [0.5, 0.6) is 0 Å². The van der Waals surface area contributed by atoms with E-state index in [1.807, 2.05) is 0 Å². The number of nitrogens with one attached hydrogen (secondary N) is 1. The lowest BCUT2D eigenvalue weighted by atomic mass is 9.46. The summed E-state index contributed by atoms with van der Waals surface area (Å²) in [5, 5.41) is 27.0. The molecule has 0 spiro atoms. The van der Waals surface area contributed by atoms with Gasteiger partial charge < -0.3 is 26.1 Å². The van der Waals surface area contributed by atoms with Crippen LogP contribution in [-0.4, -0.2) is 57.7 Å². The van der Waals surface area contributed by atoms with Gasteiger partial charge in [0.2, 0.25) is 5.91 Å². The van der Waals surface area contributed by atoms with Crippen LogP contribution in [-0.2, 0) is 24.0 Å². The van der Waals surface area contributed by atoms with Gasteiger partial charge in [-0.1, -0.05) is 24.6 Å². The number of nitrogens with zero attached hydrogens (tertiary/aromatic N) is 1. The predicted octanol–water partition coefficient (Wildman–Crippen LogP) is 2.48. The van der Waals surface area contributed by atoms with Gasteiger partial charge in [0.05, 0.1) is 5.71 Å². The molecule has 3 saturated carbocycles. The molecular weight excluding hydrogens is 490 g/mol. The van der Waals surface area contributed by atoms with Crippen molar-refractivity contribution < 1.29 is 34.2 Å². The van der Waals surface area contributed by atoms with Crippen LogP contribution in [0.2, 0.25) is 0 Å². The zero-order valence-corrected chi connectivity index (χ0v) is 22.6. The number of nitrogens with two attached hydrogens (primary N) is 1. The van der Waals surface area contributed by atoms with E-state index in [0.29, 0.717) is 30.6 Å². The van der Waals surface area contributed by atoms with Crippen LogP contribution in [0.4, 0.5) is 0 Å². The zero-order valence-electron chi connectivity index (χ0n) is 22.6. The average molecular weight is 532 g/mol. The van der Waals surface area contributed by atoms with Crippen LogP contribution < -0.4 is 11.1 Å². The monoisotopic (exact) mass is 531 g/mol. The Balaban J connectivity index is 1.38. The van der Waals surface area contributed by atoms with E-state index in [4.69, 9.17) is 10.6 Å². The summed E-state index contributed by atoms with van der Waals surface area (Å²) < 4.78 is 0. The molecule has 0 unspecified atom stereocenters. The highest BCUT2D eigenvalue weighted by Gasteiger charge is 2.65. The molecule has 0 aromatic rings. The van der Waals surface area contributed by atoms with Gasteiger partial charge in [-0.25, -0.2) is 4.79 Å². The number of Topliss-reactive ketones (excluding diaryl/α,β-unsaturated/α-hetero) is 1. The Morgan fingerprint density at radius 1 is 1.13 bits per heavy atom. The molecule has 0 aliphatic heterocycles. The van der Waals surface area contributed by atoms with Crippen molar-refractivity contribution in [2.75, 3.05) is 6.61 Å². The molecule has 10 nitrogen and oxygen atoms in total. The number of aliphatic carboxylic acids is 1. The third-order valence-electron chi connectivity index (χ3n) is 10.4. The van der Waals surface area contributed by atoms with E-state index >= 15 is 0 Å². The van der Waals surface area contributed by atoms with Crippen molar-refractivity contribution in [3.8, 4) is 0 Å². The summed E-state index contributed by atoms with van der Waals surface area (Å²) in [6, 6.07) is -1.22. The summed E-state index contributed by atoms with van der Waals surface area (Å²) >= 11 is 0. The van der Waals surface area contributed by atoms with E-state index in [-0.39, 0.29) is 29.5 Å². The number of ketones is 1. The Morgan fingerprint density at radius 3 is 2.50 bits per heavy atom. The van der Waals surface area contributed by atoms with Crippen molar-refractivity contribution in [3.05, 3.63) is 11.6 Å². The van der Waals surface area contributed by atoms with Gasteiger partial charge in [0.1, 0.15) is 11.6 Å². The second-order valence-electron chi connectivity index (χ2n) is 12.2. The Bertz CT molecular complexity index is 1070. The summed E-state index contributed by atoms with van der Waals surface area (Å²) in [5.41, 5.74) is 5.64. The number of carboxylic acids is 1. The number of amides is 2. The van der Waals surface area contributed by atoms with E-state index < -0.39 is 36.0 Å². The van der Waals surface area contributed by atoms with E-state index in [9.17, 15) is 29.4 Å². The molecule has 0 radical (unpaired) electrons. The molecule has 4 rings (SSSR count). The van der Waals surface area contributed by atoms with Crippen LogP contribution in [0, 0.1) is 28.6 Å². The Hall–Kier alpha value is -2.75. The summed E-state index contributed by atoms with van der Waals surface area (Å²) in [4.78, 5) is 52.1. The lowest BCUT2D eigenvalue weighted by molar-refractivity contribution is -0.159. The van der Waals surface area contributed by atoms with Gasteiger partial charge in [-0.05, 0) is 94.0 Å². The van der Waals surface area contributed by atoms with Gasteiger partial charge >= 0.3 is 5.97 Å². The predicted molar refractivity (Wildman–Crippen MR) is 139 cm³/mol. The molecule has 10 heteroatoms. The summed E-state index contributed by atoms with van der Waals surface area (Å²) in [6.45, 7) is 5.58. The molecule has 210 valence electrons. The number of carbonyl (C=O) groups excluding carboxylic acids is 3. The average Bonchev–Trinajstić information content (AvgIpc) is 3.13. The molecule has 0 aromatic carbocycles. The fraction of sp³-hybridized carbons (Fsp3) is 0.750. The number of allylic oxidation sites excluding steroid dienone is 2. The fourth-order valence-corrected chi connectivity index (χ4v) is 8.19. The van der Waals surface area contributed by atoms with Gasteiger partial charge in [-0.15, -0.1) is 0 Å². The Kier molecular flexibility index (Phi) is 7.76. The smallest absolute Gasteiger partial charge is 0.326 e. The van der Waals surface area contributed by atoms with Gasteiger partial charge in [0.25, 0.3) is 5.91 Å². The van der Waals surface area contributed by atoms with Gasteiger partial charge in [0.15, 0.2) is 12.4 Å². The van der Waals surface area contributed by atoms with Crippen molar-refractivity contribution in [2.24, 2.45) is 39.5 Å². The topological polar surface area (TPSA) is 168 Å². The van der Waals surface area contributed by atoms with Gasteiger partial charge in [0, 0.05) is 11.8 Å². The van der Waals surface area contributed by atoms with Crippen LogP contribution >= 0.6 is 0 Å². The number of fused-ring (bicyclic) bond motifs is 5. The number of rotatable bonds is 9. The second kappa shape index (κ2) is 10.4. The molecule has 4 aliphatic rings. The van der Waals surface area contributed by atoms with Crippen LogP contribution in [0.3, 0.4) is 0 Å². The first-order chi connectivity index (χ1) is 17.8. The zero-order chi connectivity index (χ0) is 27.9. The first kappa shape index (κ1) is 28.3. The molecule has 3 fully saturated rings. The molecule has 5 N–H and O–H groups in total. The molecule has 0 aromatic heterocycles. The SMILES string of the molecule is CC(=O)[C@@]1(O)CC[C@H]2[C@@H]3CCC4=C/C(=N\OCC(=O)N[C@@H](CCC(N)=O)C(=O)O)CC[C@]4(C)[C@H]3CC[C@@]21C. The minimum atomic E-state index is -1.25. The first-order valence-corrected chi connectivity index (χ1v) is 13.8. The number of hydrogen-bond acceptors (Lipinski definition) is 7. The number of oxime groups is 1. The maximum absolute atomic E-state index is 12.4. The van der Waals surface area contributed by atoms with Gasteiger partial charge in [-0.2, -0.15) is 0 Å². The molecule has 38 heavy (non-hydrogen) atoms. The van der Waals surface area contributed by atoms with Crippen molar-refractivity contribution in [3.63, 3.8) is 0 Å².